The summed E-state index contributed by atoms with van der Waals surface area (Å²) in [6, 6.07) is 0. The van der Waals surface area contributed by atoms with Crippen molar-refractivity contribution >= 4 is 34.0 Å². The molecule has 0 heterocycles. The molecule has 0 radical (unpaired) electrons. The maximum Gasteiger partial charge on any atom is 2.00 e. The Labute approximate surface area is 64.9 Å². The Morgan fingerprint density at radius 1 is 0.800 bits per heavy atom. The maximum atomic E-state index is 0. The number of hydrogen-bond acceptors (Lipinski definition) is 0. The number of halogens is 2. The van der Waals surface area contributed by atoms with Crippen LogP contribution in [0.15, 0.2) is 0 Å². The average Bonchev–Trinajstić information content (AvgIpc) is 0. The van der Waals surface area contributed by atoms with Crippen LogP contribution in [-0.2, 0) is 21.7 Å². The first kappa shape index (κ1) is 83.5. The van der Waals surface area contributed by atoms with Gasteiger partial charge in [-0.05, 0) is 11.0 Å². The maximum absolute atomic E-state index is 0. The van der Waals surface area contributed by atoms with Crippen LogP contribution >= 0.6 is 0 Å². The Kier molecular flexibility index (Phi) is 795. The number of rotatable bonds is 0. The predicted octanol–water partition coefficient (Wildman–Crippen LogP) is -7.83. The van der Waals surface area contributed by atoms with E-state index in [1.165, 1.54) is 0 Å². The van der Waals surface area contributed by atoms with Gasteiger partial charge in [0.2, 0.25) is 0 Å². The normalized spacial score (nSPS) is 0. The summed E-state index contributed by atoms with van der Waals surface area (Å²) in [5.41, 5.74) is 0. The van der Waals surface area contributed by atoms with E-state index in [9.17, 15) is 0 Å². The van der Waals surface area contributed by atoms with Crippen LogP contribution in [0.4, 0.5) is 0 Å². The SMILES string of the molecule is [F-].[F-].[Mg+2].[SiH4].[Ti]. The van der Waals surface area contributed by atoms with Crippen molar-refractivity contribution in [3.63, 3.8) is 0 Å². The molecule has 0 nitrogen and oxygen atoms in total. The molecule has 0 aromatic rings. The van der Waals surface area contributed by atoms with Crippen LogP contribution in [-0.4, -0.2) is 34.0 Å². The molecule has 0 bridgehead atoms. The van der Waals surface area contributed by atoms with Crippen molar-refractivity contribution in [3.05, 3.63) is 0 Å². The summed E-state index contributed by atoms with van der Waals surface area (Å²) in [6.07, 6.45) is 0. The minimum atomic E-state index is 0. The molecular weight excluding hydrogens is 138 g/mol. The van der Waals surface area contributed by atoms with E-state index >= 15 is 0 Å². The first-order valence-electron chi connectivity index (χ1n) is 0. The van der Waals surface area contributed by atoms with Gasteiger partial charge in [0.25, 0.3) is 0 Å². The summed E-state index contributed by atoms with van der Waals surface area (Å²) in [5.74, 6) is 0. The van der Waals surface area contributed by atoms with Crippen LogP contribution in [0.1, 0.15) is 0 Å². The van der Waals surface area contributed by atoms with E-state index < -0.39 is 0 Å². The van der Waals surface area contributed by atoms with Crippen molar-refractivity contribution in [2.24, 2.45) is 0 Å². The van der Waals surface area contributed by atoms with Crippen molar-refractivity contribution < 1.29 is 31.1 Å². The first-order valence-corrected chi connectivity index (χ1v) is 0. The van der Waals surface area contributed by atoms with E-state index in [1.807, 2.05) is 0 Å². The van der Waals surface area contributed by atoms with Gasteiger partial charge in [-0.25, -0.2) is 0 Å². The quantitative estimate of drug-likeness (QED) is 0.295. The fourth-order valence-corrected chi connectivity index (χ4v) is 0. The second-order valence-electron chi connectivity index (χ2n) is 0. The van der Waals surface area contributed by atoms with Gasteiger partial charge in [0, 0.05) is 21.7 Å². The minimum absolute atomic E-state index is 0. The summed E-state index contributed by atoms with van der Waals surface area (Å²) < 4.78 is 0. The molecule has 0 unspecified atom stereocenters. The van der Waals surface area contributed by atoms with Crippen molar-refractivity contribution in [3.8, 4) is 0 Å². The molecule has 0 rings (SSSR count). The van der Waals surface area contributed by atoms with Crippen molar-refractivity contribution in [2.75, 3.05) is 0 Å². The Morgan fingerprint density at radius 3 is 0.800 bits per heavy atom. The van der Waals surface area contributed by atoms with Gasteiger partial charge in [-0.1, -0.05) is 0 Å². The molecule has 0 amide bonds. The molecule has 0 saturated heterocycles. The molecule has 0 saturated carbocycles. The van der Waals surface area contributed by atoms with Crippen LogP contribution < -0.4 is 9.41 Å². The zero-order valence-corrected chi connectivity index (χ0v) is 4.94. The molecule has 28 valence electrons. The number of hydrogen-bond donors (Lipinski definition) is 0. The molecule has 0 spiro atoms. The Hall–Kier alpha value is 1.56. The Morgan fingerprint density at radius 2 is 0.800 bits per heavy atom. The van der Waals surface area contributed by atoms with E-state index in [-0.39, 0.29) is 65.1 Å². The van der Waals surface area contributed by atoms with Crippen molar-refractivity contribution in [2.45, 2.75) is 0 Å². The van der Waals surface area contributed by atoms with Crippen LogP contribution in [0.25, 0.3) is 0 Å². The van der Waals surface area contributed by atoms with Crippen LogP contribution in [0.3, 0.4) is 0 Å². The molecule has 5 heavy (non-hydrogen) atoms. The first-order chi connectivity index (χ1) is 0. The van der Waals surface area contributed by atoms with E-state index in [4.69, 9.17) is 0 Å². The van der Waals surface area contributed by atoms with E-state index in [1.54, 1.807) is 0 Å². The van der Waals surface area contributed by atoms with Crippen molar-refractivity contribution in [1.29, 1.82) is 0 Å². The van der Waals surface area contributed by atoms with Gasteiger partial charge in [-0.15, -0.1) is 0 Å². The predicted molar refractivity (Wildman–Crippen MR) is 17.1 cm³/mol. The third-order valence-corrected chi connectivity index (χ3v) is 0. The summed E-state index contributed by atoms with van der Waals surface area (Å²) in [7, 11) is 0. The molecular formula is H4F2MgSiTi. The van der Waals surface area contributed by atoms with Gasteiger partial charge < -0.3 is 9.41 Å². The second kappa shape index (κ2) is 47.6. The van der Waals surface area contributed by atoms with Gasteiger partial charge in [0.05, 0.1) is 0 Å². The zero-order valence-electron chi connectivity index (χ0n) is 1.96. The third kappa shape index (κ3) is 29.0. The second-order valence-corrected chi connectivity index (χ2v) is 0. The summed E-state index contributed by atoms with van der Waals surface area (Å²) in [4.78, 5) is 0. The Bertz CT molecular complexity index is 9.61. The van der Waals surface area contributed by atoms with E-state index in [0.717, 1.165) is 0 Å². The van der Waals surface area contributed by atoms with Gasteiger partial charge in [0.15, 0.2) is 0 Å². The molecule has 0 aromatic carbocycles. The fourth-order valence-electron chi connectivity index (χ4n) is 0. The minimum Gasteiger partial charge on any atom is -1.00 e. The monoisotopic (exact) mass is 142 g/mol. The van der Waals surface area contributed by atoms with Gasteiger partial charge >= 0.3 is 23.1 Å². The van der Waals surface area contributed by atoms with Crippen LogP contribution in [0, 0.1) is 0 Å². The van der Waals surface area contributed by atoms with Crippen LogP contribution in [0.2, 0.25) is 0 Å². The molecule has 0 atom stereocenters. The average molecular weight is 142 g/mol. The molecule has 0 aliphatic heterocycles. The van der Waals surface area contributed by atoms with E-state index in [2.05, 4.69) is 0 Å². The molecule has 0 aromatic heterocycles. The van der Waals surface area contributed by atoms with Gasteiger partial charge in [0.1, 0.15) is 0 Å². The zero-order chi connectivity index (χ0) is 0. The molecule has 0 aliphatic carbocycles. The third-order valence-electron chi connectivity index (χ3n) is 0. The van der Waals surface area contributed by atoms with Gasteiger partial charge in [-0.2, -0.15) is 0 Å². The topological polar surface area (TPSA) is 0 Å². The van der Waals surface area contributed by atoms with E-state index in [0.29, 0.717) is 0 Å². The summed E-state index contributed by atoms with van der Waals surface area (Å²) in [5, 5.41) is 0. The molecule has 5 heteroatoms. The van der Waals surface area contributed by atoms with Crippen LogP contribution in [0.5, 0.6) is 0 Å². The Balaban J connectivity index is 0. The smallest absolute Gasteiger partial charge is 1.00 e. The standard InChI is InChI=1S/2FH.Mg.H4Si.Ti/h2*1H;;1H4;/q;;+2;;/p-2. The van der Waals surface area contributed by atoms with Gasteiger partial charge in [-0.3, -0.25) is 0 Å². The molecule has 0 aliphatic rings. The molecule has 0 N–H and O–H groups in total. The van der Waals surface area contributed by atoms with Crippen molar-refractivity contribution in [1.82, 2.24) is 0 Å². The summed E-state index contributed by atoms with van der Waals surface area (Å²) >= 11 is 0. The largest absolute Gasteiger partial charge is 2.00 e. The fraction of sp³-hybridized carbons (Fsp3) is 0. The summed E-state index contributed by atoms with van der Waals surface area (Å²) in [6.45, 7) is 0. The molecule has 0 fully saturated rings.